The SMILES string of the molecule is CC(C)Cc1ccc(C(C)NC(=O)CCBr)cc1. The molecular weight excluding hydrogens is 290 g/mol. The van der Waals surface area contributed by atoms with Crippen LogP contribution in [0.3, 0.4) is 0 Å². The fraction of sp³-hybridized carbons (Fsp3) is 0.533. The molecule has 0 aliphatic rings. The van der Waals surface area contributed by atoms with E-state index >= 15 is 0 Å². The van der Waals surface area contributed by atoms with Gasteiger partial charge in [-0.25, -0.2) is 0 Å². The molecule has 0 fully saturated rings. The van der Waals surface area contributed by atoms with E-state index in [1.807, 2.05) is 6.92 Å². The first-order valence-corrected chi connectivity index (χ1v) is 7.59. The molecule has 100 valence electrons. The third-order valence-electron chi connectivity index (χ3n) is 2.82. The van der Waals surface area contributed by atoms with Gasteiger partial charge in [0.1, 0.15) is 0 Å². The van der Waals surface area contributed by atoms with Gasteiger partial charge in [0.15, 0.2) is 0 Å². The Hall–Kier alpha value is -0.830. The fourth-order valence-electron chi connectivity index (χ4n) is 1.90. The number of nitrogens with one attached hydrogen (secondary N) is 1. The first-order chi connectivity index (χ1) is 8.52. The Morgan fingerprint density at radius 1 is 1.22 bits per heavy atom. The average molecular weight is 312 g/mol. The number of amides is 1. The molecule has 0 spiro atoms. The number of carbonyl (C=O) groups excluding carboxylic acids is 1. The molecule has 1 rings (SSSR count). The van der Waals surface area contributed by atoms with E-state index in [0.717, 1.165) is 12.0 Å². The summed E-state index contributed by atoms with van der Waals surface area (Å²) in [5, 5.41) is 3.70. The lowest BCUT2D eigenvalue weighted by molar-refractivity contribution is -0.121. The molecule has 1 N–H and O–H groups in total. The van der Waals surface area contributed by atoms with Crippen LogP contribution in [-0.2, 0) is 11.2 Å². The summed E-state index contributed by atoms with van der Waals surface area (Å²) in [6.45, 7) is 6.46. The molecule has 1 aromatic carbocycles. The first-order valence-electron chi connectivity index (χ1n) is 6.47. The second kappa shape index (κ2) is 7.57. The van der Waals surface area contributed by atoms with Crippen molar-refractivity contribution in [2.45, 2.75) is 39.7 Å². The van der Waals surface area contributed by atoms with Crippen LogP contribution in [0.1, 0.15) is 44.4 Å². The van der Waals surface area contributed by atoms with E-state index in [-0.39, 0.29) is 11.9 Å². The molecular formula is C15H22BrNO. The fourth-order valence-corrected chi connectivity index (χ4v) is 2.26. The van der Waals surface area contributed by atoms with Crippen LogP contribution in [0.25, 0.3) is 0 Å². The first kappa shape index (κ1) is 15.2. The van der Waals surface area contributed by atoms with Crippen molar-refractivity contribution in [3.05, 3.63) is 35.4 Å². The topological polar surface area (TPSA) is 29.1 Å². The van der Waals surface area contributed by atoms with E-state index in [0.29, 0.717) is 17.7 Å². The van der Waals surface area contributed by atoms with Crippen molar-refractivity contribution >= 4 is 21.8 Å². The van der Waals surface area contributed by atoms with Crippen molar-refractivity contribution in [1.82, 2.24) is 5.32 Å². The Kier molecular flexibility index (Phi) is 6.41. The Morgan fingerprint density at radius 3 is 2.33 bits per heavy atom. The zero-order chi connectivity index (χ0) is 13.5. The summed E-state index contributed by atoms with van der Waals surface area (Å²) in [5.74, 6) is 0.762. The van der Waals surface area contributed by atoms with E-state index < -0.39 is 0 Å². The van der Waals surface area contributed by atoms with E-state index in [9.17, 15) is 4.79 Å². The molecule has 0 heterocycles. The second-order valence-corrected chi connectivity index (χ2v) is 5.86. The van der Waals surface area contributed by atoms with Crippen LogP contribution in [0.15, 0.2) is 24.3 Å². The van der Waals surface area contributed by atoms with Crippen molar-refractivity contribution < 1.29 is 4.79 Å². The largest absolute Gasteiger partial charge is 0.350 e. The second-order valence-electron chi connectivity index (χ2n) is 5.07. The van der Waals surface area contributed by atoms with E-state index in [1.54, 1.807) is 0 Å². The zero-order valence-electron chi connectivity index (χ0n) is 11.4. The van der Waals surface area contributed by atoms with Gasteiger partial charge in [-0.05, 0) is 30.4 Å². The lowest BCUT2D eigenvalue weighted by Crippen LogP contribution is -2.26. The third-order valence-corrected chi connectivity index (χ3v) is 3.22. The van der Waals surface area contributed by atoms with Crippen LogP contribution < -0.4 is 5.32 Å². The standard InChI is InChI=1S/C15H22BrNO/c1-11(2)10-13-4-6-14(7-5-13)12(3)17-15(18)8-9-16/h4-7,11-12H,8-10H2,1-3H3,(H,17,18). The number of benzene rings is 1. The molecule has 0 aromatic heterocycles. The van der Waals surface area contributed by atoms with Crippen molar-refractivity contribution in [1.29, 1.82) is 0 Å². The van der Waals surface area contributed by atoms with Gasteiger partial charge >= 0.3 is 0 Å². The van der Waals surface area contributed by atoms with Crippen molar-refractivity contribution in [3.8, 4) is 0 Å². The van der Waals surface area contributed by atoms with Crippen LogP contribution in [0.5, 0.6) is 0 Å². The van der Waals surface area contributed by atoms with Crippen LogP contribution in [-0.4, -0.2) is 11.2 Å². The van der Waals surface area contributed by atoms with Crippen molar-refractivity contribution in [2.24, 2.45) is 5.92 Å². The summed E-state index contributed by atoms with van der Waals surface area (Å²) >= 11 is 3.27. The van der Waals surface area contributed by atoms with E-state index in [2.05, 4.69) is 59.4 Å². The van der Waals surface area contributed by atoms with Gasteiger partial charge in [0.25, 0.3) is 0 Å². The molecule has 0 saturated heterocycles. The lowest BCUT2D eigenvalue weighted by atomic mass is 10.00. The quantitative estimate of drug-likeness (QED) is 0.794. The number of carbonyl (C=O) groups is 1. The molecule has 0 aliphatic carbocycles. The molecule has 18 heavy (non-hydrogen) atoms. The molecule has 1 amide bonds. The maximum Gasteiger partial charge on any atom is 0.221 e. The maximum atomic E-state index is 11.5. The van der Waals surface area contributed by atoms with Crippen LogP contribution in [0, 0.1) is 5.92 Å². The Morgan fingerprint density at radius 2 is 1.83 bits per heavy atom. The minimum atomic E-state index is 0.0737. The van der Waals surface area contributed by atoms with E-state index in [1.165, 1.54) is 5.56 Å². The Balaban J connectivity index is 2.58. The molecule has 0 saturated carbocycles. The number of hydrogen-bond donors (Lipinski definition) is 1. The molecule has 0 bridgehead atoms. The highest BCUT2D eigenvalue weighted by atomic mass is 79.9. The molecule has 2 nitrogen and oxygen atoms in total. The van der Waals surface area contributed by atoms with Gasteiger partial charge in [-0.1, -0.05) is 54.0 Å². The predicted molar refractivity (Wildman–Crippen MR) is 80.0 cm³/mol. The Labute approximate surface area is 118 Å². The molecule has 0 aliphatic heterocycles. The normalized spacial score (nSPS) is 12.5. The van der Waals surface area contributed by atoms with Crippen LogP contribution in [0.4, 0.5) is 0 Å². The van der Waals surface area contributed by atoms with Gasteiger partial charge in [-0.15, -0.1) is 0 Å². The van der Waals surface area contributed by atoms with Gasteiger partial charge in [-0.2, -0.15) is 0 Å². The van der Waals surface area contributed by atoms with Gasteiger partial charge < -0.3 is 5.32 Å². The maximum absolute atomic E-state index is 11.5. The minimum Gasteiger partial charge on any atom is -0.350 e. The zero-order valence-corrected chi connectivity index (χ0v) is 13.0. The molecule has 0 radical (unpaired) electrons. The minimum absolute atomic E-state index is 0.0737. The van der Waals surface area contributed by atoms with Gasteiger partial charge in [0, 0.05) is 11.8 Å². The van der Waals surface area contributed by atoms with Gasteiger partial charge in [-0.3, -0.25) is 4.79 Å². The summed E-state index contributed by atoms with van der Waals surface area (Å²) in [6.07, 6.45) is 1.63. The Bertz CT molecular complexity index is 373. The number of alkyl halides is 1. The summed E-state index contributed by atoms with van der Waals surface area (Å²) in [5.41, 5.74) is 2.51. The number of hydrogen-bond acceptors (Lipinski definition) is 1. The van der Waals surface area contributed by atoms with Crippen LogP contribution >= 0.6 is 15.9 Å². The van der Waals surface area contributed by atoms with Gasteiger partial charge in [0.2, 0.25) is 5.91 Å². The smallest absolute Gasteiger partial charge is 0.221 e. The predicted octanol–water partition coefficient (Wildman–Crippen LogP) is 3.85. The summed E-state index contributed by atoms with van der Waals surface area (Å²) in [6, 6.07) is 8.60. The molecule has 3 heteroatoms. The van der Waals surface area contributed by atoms with E-state index in [4.69, 9.17) is 0 Å². The number of rotatable bonds is 6. The monoisotopic (exact) mass is 311 g/mol. The van der Waals surface area contributed by atoms with Crippen molar-refractivity contribution in [2.75, 3.05) is 5.33 Å². The highest BCUT2D eigenvalue weighted by molar-refractivity contribution is 9.09. The highest BCUT2D eigenvalue weighted by Gasteiger charge is 2.08. The lowest BCUT2D eigenvalue weighted by Gasteiger charge is -2.15. The molecule has 1 aromatic rings. The average Bonchev–Trinajstić information content (AvgIpc) is 2.29. The summed E-state index contributed by atoms with van der Waals surface area (Å²) < 4.78 is 0. The van der Waals surface area contributed by atoms with Gasteiger partial charge in [0.05, 0.1) is 6.04 Å². The summed E-state index contributed by atoms with van der Waals surface area (Å²) in [4.78, 5) is 11.5. The number of halogens is 1. The van der Waals surface area contributed by atoms with Crippen LogP contribution in [0.2, 0.25) is 0 Å². The summed E-state index contributed by atoms with van der Waals surface area (Å²) in [7, 11) is 0. The third kappa shape index (κ3) is 5.21. The van der Waals surface area contributed by atoms with Crippen molar-refractivity contribution in [3.63, 3.8) is 0 Å². The molecule has 1 atom stereocenters. The highest BCUT2D eigenvalue weighted by Crippen LogP contribution is 2.15. The molecule has 1 unspecified atom stereocenters.